The van der Waals surface area contributed by atoms with E-state index in [4.69, 9.17) is 0 Å². The van der Waals surface area contributed by atoms with Crippen LogP contribution >= 0.6 is 0 Å². The largest absolute Gasteiger partial charge is 0.385 e. The van der Waals surface area contributed by atoms with Crippen molar-refractivity contribution in [3.63, 3.8) is 0 Å². The first-order valence-electron chi connectivity index (χ1n) is 6.79. The lowest BCUT2D eigenvalue weighted by Gasteiger charge is -2.29. The monoisotopic (exact) mass is 232 g/mol. The molecule has 0 aliphatic heterocycles. The highest BCUT2D eigenvalue weighted by Gasteiger charge is 2.30. The predicted octanol–water partition coefficient (Wildman–Crippen LogP) is 4.09. The molecule has 0 aromatic heterocycles. The van der Waals surface area contributed by atoms with Crippen LogP contribution in [0.15, 0.2) is 18.2 Å². The van der Waals surface area contributed by atoms with Crippen molar-refractivity contribution in [1.82, 2.24) is 0 Å². The van der Waals surface area contributed by atoms with Crippen LogP contribution in [0, 0.1) is 19.8 Å². The van der Waals surface area contributed by atoms with Crippen molar-refractivity contribution >= 4 is 0 Å². The third-order valence-electron chi connectivity index (χ3n) is 4.13. The standard InChI is InChI=1S/C16H24O/c1-12-8-9-13(2)15(10-12)16(3,17)11-14-6-4-5-7-14/h8-10,14,17H,4-7,11H2,1-3H3. The second kappa shape index (κ2) is 4.81. The van der Waals surface area contributed by atoms with Gasteiger partial charge in [0, 0.05) is 0 Å². The first kappa shape index (κ1) is 12.6. The van der Waals surface area contributed by atoms with Crippen LogP contribution in [0.5, 0.6) is 0 Å². The van der Waals surface area contributed by atoms with E-state index in [9.17, 15) is 5.11 Å². The Bertz CT molecular complexity index is 387. The third kappa shape index (κ3) is 2.90. The molecule has 1 nitrogen and oxygen atoms in total. The normalized spacial score (nSPS) is 20.5. The summed E-state index contributed by atoms with van der Waals surface area (Å²) in [5.74, 6) is 0.713. The van der Waals surface area contributed by atoms with Crippen LogP contribution in [0.2, 0.25) is 0 Å². The van der Waals surface area contributed by atoms with E-state index in [2.05, 4.69) is 32.0 Å². The van der Waals surface area contributed by atoms with E-state index < -0.39 is 5.60 Å². The highest BCUT2D eigenvalue weighted by atomic mass is 16.3. The highest BCUT2D eigenvalue weighted by molar-refractivity contribution is 5.34. The van der Waals surface area contributed by atoms with Gasteiger partial charge in [0.05, 0.1) is 5.60 Å². The lowest BCUT2D eigenvalue weighted by atomic mass is 9.83. The molecule has 0 saturated heterocycles. The smallest absolute Gasteiger partial charge is 0.0873 e. The molecule has 1 atom stereocenters. The Balaban J connectivity index is 2.20. The number of rotatable bonds is 3. The molecule has 1 unspecified atom stereocenters. The molecule has 1 aromatic rings. The molecule has 1 saturated carbocycles. The van der Waals surface area contributed by atoms with Gasteiger partial charge < -0.3 is 5.11 Å². The zero-order valence-corrected chi connectivity index (χ0v) is 11.3. The molecule has 1 fully saturated rings. The maximum atomic E-state index is 10.8. The van der Waals surface area contributed by atoms with Crippen LogP contribution in [0.1, 0.15) is 55.7 Å². The van der Waals surface area contributed by atoms with E-state index in [0.29, 0.717) is 5.92 Å². The lowest BCUT2D eigenvalue weighted by molar-refractivity contribution is 0.0301. The van der Waals surface area contributed by atoms with E-state index in [1.54, 1.807) is 0 Å². The molecule has 0 bridgehead atoms. The van der Waals surface area contributed by atoms with Crippen molar-refractivity contribution in [3.05, 3.63) is 34.9 Å². The van der Waals surface area contributed by atoms with Crippen LogP contribution in [0.4, 0.5) is 0 Å². The Kier molecular flexibility index (Phi) is 3.58. The molecule has 17 heavy (non-hydrogen) atoms. The summed E-state index contributed by atoms with van der Waals surface area (Å²) in [4.78, 5) is 0. The lowest BCUT2D eigenvalue weighted by Crippen LogP contribution is -2.25. The van der Waals surface area contributed by atoms with Gasteiger partial charge in [0.1, 0.15) is 0 Å². The summed E-state index contributed by atoms with van der Waals surface area (Å²) < 4.78 is 0. The van der Waals surface area contributed by atoms with Gasteiger partial charge in [-0.2, -0.15) is 0 Å². The summed E-state index contributed by atoms with van der Waals surface area (Å²) in [5.41, 5.74) is 2.89. The molecule has 0 heterocycles. The summed E-state index contributed by atoms with van der Waals surface area (Å²) in [7, 11) is 0. The maximum Gasteiger partial charge on any atom is 0.0873 e. The van der Waals surface area contributed by atoms with Crippen molar-refractivity contribution in [3.8, 4) is 0 Å². The summed E-state index contributed by atoms with van der Waals surface area (Å²) in [6.07, 6.45) is 6.18. The van der Waals surface area contributed by atoms with Gasteiger partial charge >= 0.3 is 0 Å². The fourth-order valence-corrected chi connectivity index (χ4v) is 3.20. The van der Waals surface area contributed by atoms with Gasteiger partial charge in [0.15, 0.2) is 0 Å². The first-order chi connectivity index (χ1) is 7.99. The SMILES string of the molecule is Cc1ccc(C)c(C(C)(O)CC2CCCC2)c1. The molecule has 94 valence electrons. The van der Waals surface area contributed by atoms with Gasteiger partial charge in [-0.05, 0) is 44.2 Å². The van der Waals surface area contributed by atoms with Gasteiger partial charge in [0.2, 0.25) is 0 Å². The van der Waals surface area contributed by atoms with E-state index >= 15 is 0 Å². The van der Waals surface area contributed by atoms with Gasteiger partial charge in [0.25, 0.3) is 0 Å². The van der Waals surface area contributed by atoms with Crippen LogP contribution in [-0.2, 0) is 5.60 Å². The minimum absolute atomic E-state index is 0.662. The van der Waals surface area contributed by atoms with E-state index in [0.717, 1.165) is 12.0 Å². The van der Waals surface area contributed by atoms with Gasteiger partial charge in [-0.15, -0.1) is 0 Å². The number of benzene rings is 1. The van der Waals surface area contributed by atoms with E-state index in [1.807, 2.05) is 6.92 Å². The van der Waals surface area contributed by atoms with Crippen LogP contribution in [0.25, 0.3) is 0 Å². The molecule has 1 aliphatic rings. The molecular weight excluding hydrogens is 208 g/mol. The summed E-state index contributed by atoms with van der Waals surface area (Å²) in [6.45, 7) is 6.17. The zero-order valence-electron chi connectivity index (χ0n) is 11.3. The van der Waals surface area contributed by atoms with Crippen LogP contribution < -0.4 is 0 Å². The Labute approximate surface area is 105 Å². The summed E-state index contributed by atoms with van der Waals surface area (Å²) in [5, 5.41) is 10.8. The van der Waals surface area contributed by atoms with Crippen molar-refractivity contribution in [1.29, 1.82) is 0 Å². The van der Waals surface area contributed by atoms with Crippen molar-refractivity contribution in [2.24, 2.45) is 5.92 Å². The van der Waals surface area contributed by atoms with Crippen molar-refractivity contribution < 1.29 is 5.11 Å². The third-order valence-corrected chi connectivity index (χ3v) is 4.13. The van der Waals surface area contributed by atoms with E-state index in [-0.39, 0.29) is 0 Å². The van der Waals surface area contributed by atoms with Gasteiger partial charge in [-0.25, -0.2) is 0 Å². The number of aryl methyl sites for hydroxylation is 2. The molecule has 0 amide bonds. The average molecular weight is 232 g/mol. The van der Waals surface area contributed by atoms with Gasteiger partial charge in [-0.3, -0.25) is 0 Å². The first-order valence-corrected chi connectivity index (χ1v) is 6.79. The van der Waals surface area contributed by atoms with Gasteiger partial charge in [-0.1, -0.05) is 49.4 Å². The second-order valence-electron chi connectivity index (χ2n) is 5.95. The summed E-state index contributed by atoms with van der Waals surface area (Å²) in [6, 6.07) is 6.38. The molecule has 1 aromatic carbocycles. The van der Waals surface area contributed by atoms with Crippen molar-refractivity contribution in [2.75, 3.05) is 0 Å². The molecule has 0 radical (unpaired) electrons. The van der Waals surface area contributed by atoms with Crippen LogP contribution in [-0.4, -0.2) is 5.11 Å². The minimum atomic E-state index is -0.662. The number of hydrogen-bond acceptors (Lipinski definition) is 1. The quantitative estimate of drug-likeness (QED) is 0.832. The Hall–Kier alpha value is -0.820. The number of aliphatic hydroxyl groups is 1. The fourth-order valence-electron chi connectivity index (χ4n) is 3.20. The fraction of sp³-hybridized carbons (Fsp3) is 0.625. The Morgan fingerprint density at radius 1 is 1.24 bits per heavy atom. The molecule has 1 aliphatic carbocycles. The molecule has 1 heteroatoms. The molecule has 1 N–H and O–H groups in total. The molecule has 2 rings (SSSR count). The second-order valence-corrected chi connectivity index (χ2v) is 5.95. The number of hydrogen-bond donors (Lipinski definition) is 1. The topological polar surface area (TPSA) is 20.2 Å². The summed E-state index contributed by atoms with van der Waals surface area (Å²) >= 11 is 0. The van der Waals surface area contributed by atoms with Crippen molar-refractivity contribution in [2.45, 2.75) is 58.5 Å². The highest BCUT2D eigenvalue weighted by Crippen LogP contribution is 2.37. The van der Waals surface area contributed by atoms with E-state index in [1.165, 1.54) is 36.8 Å². The molecular formula is C16H24O. The Morgan fingerprint density at radius 2 is 1.88 bits per heavy atom. The zero-order chi connectivity index (χ0) is 12.5. The Morgan fingerprint density at radius 3 is 2.53 bits per heavy atom. The maximum absolute atomic E-state index is 10.8. The predicted molar refractivity (Wildman–Crippen MR) is 72.1 cm³/mol. The van der Waals surface area contributed by atoms with Crippen LogP contribution in [0.3, 0.4) is 0 Å². The average Bonchev–Trinajstić information content (AvgIpc) is 2.73. The minimum Gasteiger partial charge on any atom is -0.385 e. The molecule has 0 spiro atoms.